The fourth-order valence-electron chi connectivity index (χ4n) is 7.25. The molecular weight excluding hydrogens is 762 g/mol. The largest absolute Gasteiger partial charge is 0.378 e. The molecule has 2 atom stereocenters. The Morgan fingerprint density at radius 2 is 0.508 bits per heavy atom. The first kappa shape index (κ1) is 70.1. The first-order valence-corrected chi connectivity index (χ1v) is 22.3. The summed E-state index contributed by atoms with van der Waals surface area (Å²) in [5.74, 6) is -5.16. The van der Waals surface area contributed by atoms with E-state index in [0.717, 1.165) is 0 Å². The smallest absolute Gasteiger partial charge is 0.271 e. The van der Waals surface area contributed by atoms with Gasteiger partial charge in [0.05, 0.1) is 0 Å². The van der Waals surface area contributed by atoms with Gasteiger partial charge in [-0.25, -0.2) is 30.7 Å². The Kier molecular flexibility index (Phi) is 32.0. The maximum atomic E-state index is 13.3. The van der Waals surface area contributed by atoms with Crippen molar-refractivity contribution in [1.82, 2.24) is 0 Å². The molecule has 0 amide bonds. The number of halogens is 7. The highest BCUT2D eigenvalue weighted by Crippen LogP contribution is 2.35. The third-order valence-corrected chi connectivity index (χ3v) is 7.73. The topological polar surface area (TPSA) is 9.23 Å². The van der Waals surface area contributed by atoms with Crippen LogP contribution in [0, 0.1) is 37.9 Å². The Bertz CT molecular complexity index is 888. The van der Waals surface area contributed by atoms with E-state index in [1.807, 2.05) is 55.4 Å². The maximum Gasteiger partial charge on any atom is 0.271 e. The zero-order valence-corrected chi connectivity index (χ0v) is 45.1. The summed E-state index contributed by atoms with van der Waals surface area (Å²) in [6, 6.07) is 0. The van der Waals surface area contributed by atoms with Gasteiger partial charge in [0.2, 0.25) is 5.92 Å². The normalized spacial score (nSPS) is 15.5. The van der Waals surface area contributed by atoms with E-state index in [4.69, 9.17) is 0 Å². The van der Waals surface area contributed by atoms with Crippen molar-refractivity contribution in [2.45, 2.75) is 281 Å². The Balaban J connectivity index is -0.000000143. The number of ether oxygens (including phenoxy) is 1. The van der Waals surface area contributed by atoms with Crippen LogP contribution in [0.3, 0.4) is 0 Å². The van der Waals surface area contributed by atoms with Crippen LogP contribution in [0.5, 0.6) is 0 Å². The van der Waals surface area contributed by atoms with Crippen LogP contribution in [0.1, 0.15) is 252 Å². The van der Waals surface area contributed by atoms with Gasteiger partial charge in [0, 0.05) is 26.4 Å². The zero-order chi connectivity index (χ0) is 49.8. The Morgan fingerprint density at radius 1 is 0.288 bits per heavy atom. The lowest BCUT2D eigenvalue weighted by Crippen LogP contribution is -2.28. The minimum atomic E-state index is -2.69. The molecule has 0 heterocycles. The molecule has 0 aliphatic rings. The van der Waals surface area contributed by atoms with Crippen LogP contribution in [-0.2, 0) is 4.74 Å². The predicted molar refractivity (Wildman–Crippen MR) is 251 cm³/mol. The summed E-state index contributed by atoms with van der Waals surface area (Å²) >= 11 is 0. The summed E-state index contributed by atoms with van der Waals surface area (Å²) < 4.78 is 94.8. The Labute approximate surface area is 366 Å². The zero-order valence-electron chi connectivity index (χ0n) is 45.1. The molecule has 0 saturated heterocycles. The lowest BCUT2D eigenvalue weighted by Gasteiger charge is -2.28. The first-order chi connectivity index (χ1) is 25.0. The second kappa shape index (κ2) is 26.9. The highest BCUT2D eigenvalue weighted by Gasteiger charge is 2.34. The summed E-state index contributed by atoms with van der Waals surface area (Å²) in [5, 5.41) is 0. The third-order valence-electron chi connectivity index (χ3n) is 7.73. The van der Waals surface area contributed by atoms with Gasteiger partial charge in [-0.1, -0.05) is 166 Å². The first-order valence-electron chi connectivity index (χ1n) is 22.3. The van der Waals surface area contributed by atoms with Crippen molar-refractivity contribution in [3.63, 3.8) is 0 Å². The van der Waals surface area contributed by atoms with Crippen molar-refractivity contribution < 1.29 is 35.5 Å². The van der Waals surface area contributed by atoms with Crippen molar-refractivity contribution >= 4 is 0 Å². The number of hydrogen-bond donors (Lipinski definition) is 0. The van der Waals surface area contributed by atoms with Gasteiger partial charge >= 0.3 is 0 Å². The SMILES string of the molecule is CC(C)(C)CC(C)(C)C.CC(C)(C)CC(C)(C)F.CCC(C)(F)CC(C)(C)C.CCC(C)(F)CC(C)(C)C.CCC(F)(F)CC(C)(C)C.COCC(F)(F)CC(C)(C)C. The van der Waals surface area contributed by atoms with Crippen LogP contribution in [0.4, 0.5) is 30.7 Å². The summed E-state index contributed by atoms with van der Waals surface area (Å²) in [6.45, 7) is 54.6. The third kappa shape index (κ3) is 75.3. The highest BCUT2D eigenvalue weighted by molar-refractivity contribution is 4.80. The van der Waals surface area contributed by atoms with Crippen molar-refractivity contribution in [1.29, 1.82) is 0 Å². The number of rotatable bonds is 10. The molecule has 0 fully saturated rings. The lowest BCUT2D eigenvalue weighted by atomic mass is 9.78. The van der Waals surface area contributed by atoms with E-state index in [9.17, 15) is 30.7 Å². The van der Waals surface area contributed by atoms with Crippen LogP contribution >= 0.6 is 0 Å². The van der Waals surface area contributed by atoms with Crippen LogP contribution in [-0.4, -0.2) is 42.6 Å². The average molecular weight is 869 g/mol. The van der Waals surface area contributed by atoms with E-state index in [2.05, 4.69) is 87.8 Å². The van der Waals surface area contributed by atoms with Gasteiger partial charge < -0.3 is 4.74 Å². The van der Waals surface area contributed by atoms with Crippen molar-refractivity contribution in [3.8, 4) is 0 Å². The molecule has 0 aromatic rings. The molecule has 1 nitrogen and oxygen atoms in total. The van der Waals surface area contributed by atoms with Gasteiger partial charge in [-0.3, -0.25) is 0 Å². The highest BCUT2D eigenvalue weighted by atomic mass is 19.3. The summed E-state index contributed by atoms with van der Waals surface area (Å²) in [7, 11) is 1.29. The molecule has 0 bridgehead atoms. The van der Waals surface area contributed by atoms with E-state index < -0.39 is 35.5 Å². The van der Waals surface area contributed by atoms with Crippen molar-refractivity contribution in [3.05, 3.63) is 0 Å². The van der Waals surface area contributed by atoms with Crippen LogP contribution < -0.4 is 0 Å². The number of alkyl halides is 7. The molecule has 0 N–H and O–H groups in total. The molecule has 0 aromatic heterocycles. The van der Waals surface area contributed by atoms with E-state index in [1.54, 1.807) is 48.5 Å². The molecular formula is C51H107F7O. The molecule has 0 radical (unpaired) electrons. The monoisotopic (exact) mass is 869 g/mol. The standard InChI is InChI=1S/2C9H19F.C9H20.C8H16F2O.C8H16F2.C8H17F/c2*1-6-9(5,10)7-8(2,3)4;1-8(2,3)7-9(4,5)6;1-7(2,3)5-8(9,10)6-11-4;1-5-8(9,10)6-7(2,3)4;1-7(2,3)6-8(4,5)9/h2*6-7H2,1-5H3;7H2,1-6H3;5-6H2,1-4H3;5-6H2,1-4H3;6H2,1-5H3. The molecule has 2 unspecified atom stereocenters. The Hall–Kier alpha value is -0.530. The van der Waals surface area contributed by atoms with Gasteiger partial charge in [0.15, 0.2) is 0 Å². The van der Waals surface area contributed by atoms with Gasteiger partial charge in [-0.05, 0) is 104 Å². The van der Waals surface area contributed by atoms with E-state index >= 15 is 0 Å². The van der Waals surface area contributed by atoms with Gasteiger partial charge in [-0.15, -0.1) is 0 Å². The predicted octanol–water partition coefficient (Wildman–Crippen LogP) is 19.9. The van der Waals surface area contributed by atoms with Crippen LogP contribution in [0.25, 0.3) is 0 Å². The van der Waals surface area contributed by atoms with Gasteiger partial charge in [-0.2, -0.15) is 0 Å². The van der Waals surface area contributed by atoms with Crippen LogP contribution in [0.15, 0.2) is 0 Å². The minimum absolute atomic E-state index is 0.0174. The Morgan fingerprint density at radius 3 is 0.593 bits per heavy atom. The fourth-order valence-corrected chi connectivity index (χ4v) is 7.25. The summed E-state index contributed by atoms with van der Waals surface area (Å²) in [5.41, 5.74) is -2.27. The quantitative estimate of drug-likeness (QED) is 0.199. The van der Waals surface area contributed by atoms with Crippen molar-refractivity contribution in [2.75, 3.05) is 13.7 Å². The van der Waals surface area contributed by atoms with Crippen LogP contribution in [0.2, 0.25) is 0 Å². The molecule has 0 aliphatic carbocycles. The van der Waals surface area contributed by atoms with E-state index in [1.165, 1.54) is 20.5 Å². The second-order valence-electron chi connectivity index (χ2n) is 26.7. The fraction of sp³-hybridized carbons (Fsp3) is 1.00. The van der Waals surface area contributed by atoms with E-state index in [0.29, 0.717) is 42.9 Å². The van der Waals surface area contributed by atoms with Crippen molar-refractivity contribution in [2.24, 2.45) is 37.9 Å². The second-order valence-corrected chi connectivity index (χ2v) is 26.7. The average Bonchev–Trinajstić information content (AvgIpc) is 2.80. The minimum Gasteiger partial charge on any atom is -0.378 e. The molecule has 8 heteroatoms. The van der Waals surface area contributed by atoms with Gasteiger partial charge in [0.1, 0.15) is 23.6 Å². The van der Waals surface area contributed by atoms with E-state index in [-0.39, 0.29) is 46.3 Å². The molecule has 0 spiro atoms. The molecule has 0 saturated carbocycles. The molecule has 59 heavy (non-hydrogen) atoms. The lowest BCUT2D eigenvalue weighted by molar-refractivity contribution is -0.0885. The molecule has 0 aliphatic heterocycles. The molecule has 0 aromatic carbocycles. The van der Waals surface area contributed by atoms with Gasteiger partial charge in [0.25, 0.3) is 5.92 Å². The number of methoxy groups -OCH3 is 1. The maximum absolute atomic E-state index is 13.3. The molecule has 0 rings (SSSR count). The number of hydrogen-bond acceptors (Lipinski definition) is 1. The summed E-state index contributed by atoms with van der Waals surface area (Å²) in [6.07, 6.45) is 4.25. The summed E-state index contributed by atoms with van der Waals surface area (Å²) in [4.78, 5) is 0. The molecule has 366 valence electrons.